The summed E-state index contributed by atoms with van der Waals surface area (Å²) in [4.78, 5) is 17.8. The van der Waals surface area contributed by atoms with Crippen LogP contribution in [0.1, 0.15) is 29.5 Å². The van der Waals surface area contributed by atoms with E-state index in [1.807, 2.05) is 6.07 Å². The summed E-state index contributed by atoms with van der Waals surface area (Å²) in [6.45, 7) is 2.98. The Kier molecular flexibility index (Phi) is 4.53. The van der Waals surface area contributed by atoms with Gasteiger partial charge in [-0.1, -0.05) is 29.3 Å². The maximum atomic E-state index is 11.4. The Bertz CT molecular complexity index is 984. The fraction of sp³-hybridized carbons (Fsp3) is 0.455. The maximum Gasteiger partial charge on any atom is 0.310 e. The first-order valence-corrected chi connectivity index (χ1v) is 10.6. The van der Waals surface area contributed by atoms with Crippen LogP contribution in [0.4, 0.5) is 0 Å². The van der Waals surface area contributed by atoms with Gasteiger partial charge < -0.3 is 14.7 Å². The number of aromatic nitrogens is 1. The van der Waals surface area contributed by atoms with Crippen molar-refractivity contribution in [1.82, 2.24) is 9.88 Å². The number of ether oxygens (including phenoxy) is 1. The van der Waals surface area contributed by atoms with Crippen LogP contribution < -0.4 is 4.74 Å². The second kappa shape index (κ2) is 6.86. The molecule has 2 fully saturated rings. The molecule has 7 heteroatoms. The fourth-order valence-corrected chi connectivity index (χ4v) is 5.22. The van der Waals surface area contributed by atoms with Crippen molar-refractivity contribution in [3.63, 3.8) is 0 Å². The number of benzene rings is 1. The smallest absolute Gasteiger partial charge is 0.310 e. The first kappa shape index (κ1) is 19.2. The van der Waals surface area contributed by atoms with E-state index in [0.717, 1.165) is 50.1 Å². The molecule has 29 heavy (non-hydrogen) atoms. The van der Waals surface area contributed by atoms with Gasteiger partial charge in [-0.05, 0) is 55.0 Å². The molecule has 0 amide bonds. The number of rotatable bonds is 6. The Morgan fingerprint density at radius 3 is 2.66 bits per heavy atom. The molecule has 152 valence electrons. The molecule has 5 nitrogen and oxygen atoms in total. The van der Waals surface area contributed by atoms with Crippen molar-refractivity contribution in [2.45, 2.75) is 32.3 Å². The number of hydrogen-bond acceptors (Lipinski definition) is 4. The number of likely N-dealkylation sites (tertiary alicyclic amines) is 1. The SMILES string of the molecule is O=C(O)C1(CN2CC3(Cc4ccc(OCc5cc(Cl)cnc5Cl)cc4C3)C2)CC1. The van der Waals surface area contributed by atoms with Gasteiger partial charge in [0.1, 0.15) is 17.5 Å². The molecule has 0 atom stereocenters. The van der Waals surface area contributed by atoms with E-state index in [1.165, 1.54) is 17.3 Å². The summed E-state index contributed by atoms with van der Waals surface area (Å²) in [6, 6.07) is 8.05. The Hall–Kier alpha value is -1.82. The van der Waals surface area contributed by atoms with E-state index in [4.69, 9.17) is 27.9 Å². The molecule has 1 spiro atoms. The molecule has 1 N–H and O–H groups in total. The third kappa shape index (κ3) is 3.60. The van der Waals surface area contributed by atoms with E-state index < -0.39 is 11.4 Å². The Labute approximate surface area is 179 Å². The predicted octanol–water partition coefficient (Wildman–Crippen LogP) is 4.23. The van der Waals surface area contributed by atoms with Gasteiger partial charge in [-0.3, -0.25) is 4.79 Å². The monoisotopic (exact) mass is 432 g/mol. The summed E-state index contributed by atoms with van der Waals surface area (Å²) in [5, 5.41) is 10.3. The second-order valence-electron chi connectivity index (χ2n) is 8.91. The largest absolute Gasteiger partial charge is 0.489 e. The summed E-state index contributed by atoms with van der Waals surface area (Å²) >= 11 is 12.1. The molecule has 0 bridgehead atoms. The van der Waals surface area contributed by atoms with Gasteiger partial charge in [0.05, 0.1) is 10.4 Å². The minimum Gasteiger partial charge on any atom is -0.489 e. The topological polar surface area (TPSA) is 62.7 Å². The lowest BCUT2D eigenvalue weighted by atomic mass is 9.76. The summed E-state index contributed by atoms with van der Waals surface area (Å²) in [7, 11) is 0. The van der Waals surface area contributed by atoms with Crippen molar-refractivity contribution in [2.24, 2.45) is 10.8 Å². The molecule has 2 aliphatic carbocycles. The zero-order valence-corrected chi connectivity index (χ0v) is 17.5. The Morgan fingerprint density at radius 1 is 1.17 bits per heavy atom. The molecular weight excluding hydrogens is 411 g/mol. The van der Waals surface area contributed by atoms with Crippen LogP contribution in [0.2, 0.25) is 10.2 Å². The maximum absolute atomic E-state index is 11.4. The van der Waals surface area contributed by atoms with E-state index in [-0.39, 0.29) is 5.41 Å². The van der Waals surface area contributed by atoms with E-state index in [0.29, 0.717) is 23.3 Å². The van der Waals surface area contributed by atoms with Crippen LogP contribution in [-0.4, -0.2) is 40.6 Å². The van der Waals surface area contributed by atoms with E-state index in [9.17, 15) is 9.90 Å². The highest BCUT2D eigenvalue weighted by Crippen LogP contribution is 2.51. The van der Waals surface area contributed by atoms with Crippen LogP contribution in [-0.2, 0) is 24.2 Å². The zero-order chi connectivity index (χ0) is 20.2. The van der Waals surface area contributed by atoms with Gasteiger partial charge in [0.15, 0.2) is 0 Å². The zero-order valence-electron chi connectivity index (χ0n) is 16.0. The van der Waals surface area contributed by atoms with Crippen LogP contribution >= 0.6 is 23.2 Å². The quantitative estimate of drug-likeness (QED) is 0.691. The summed E-state index contributed by atoms with van der Waals surface area (Å²) in [5.41, 5.74) is 3.26. The lowest BCUT2D eigenvalue weighted by Crippen LogP contribution is -2.58. The van der Waals surface area contributed by atoms with Gasteiger partial charge in [0.2, 0.25) is 0 Å². The first-order chi connectivity index (χ1) is 13.9. The third-order valence-electron chi connectivity index (χ3n) is 6.53. The van der Waals surface area contributed by atoms with E-state index >= 15 is 0 Å². The van der Waals surface area contributed by atoms with Crippen LogP contribution in [0.5, 0.6) is 5.75 Å². The van der Waals surface area contributed by atoms with E-state index in [2.05, 4.69) is 22.0 Å². The molecule has 2 aromatic rings. The number of halogens is 2. The fourth-order valence-electron chi connectivity index (χ4n) is 4.88. The summed E-state index contributed by atoms with van der Waals surface area (Å²) < 4.78 is 5.94. The number of fused-ring (bicyclic) bond motifs is 1. The number of nitrogens with zero attached hydrogens (tertiary/aromatic N) is 2. The molecule has 2 heterocycles. The number of aliphatic carboxylic acids is 1. The molecule has 0 unspecified atom stereocenters. The number of carboxylic acids is 1. The highest BCUT2D eigenvalue weighted by molar-refractivity contribution is 6.32. The molecule has 1 saturated heterocycles. The lowest BCUT2D eigenvalue weighted by molar-refractivity contribution is -0.145. The minimum absolute atomic E-state index is 0.260. The number of pyridine rings is 1. The first-order valence-electron chi connectivity index (χ1n) is 9.87. The van der Waals surface area contributed by atoms with Gasteiger partial charge in [-0.15, -0.1) is 0 Å². The highest BCUT2D eigenvalue weighted by Gasteiger charge is 2.55. The van der Waals surface area contributed by atoms with E-state index in [1.54, 1.807) is 6.07 Å². The van der Waals surface area contributed by atoms with Gasteiger partial charge in [0, 0.05) is 36.8 Å². The molecule has 1 aliphatic heterocycles. The molecule has 5 rings (SSSR count). The molecule has 1 aromatic carbocycles. The van der Waals surface area contributed by atoms with Gasteiger partial charge in [0.25, 0.3) is 0 Å². The van der Waals surface area contributed by atoms with Gasteiger partial charge >= 0.3 is 5.97 Å². The normalized spacial score (nSPS) is 20.9. The van der Waals surface area contributed by atoms with Crippen LogP contribution in [0.15, 0.2) is 30.5 Å². The van der Waals surface area contributed by atoms with Crippen molar-refractivity contribution in [3.05, 3.63) is 57.3 Å². The molecule has 1 saturated carbocycles. The predicted molar refractivity (Wildman–Crippen MR) is 111 cm³/mol. The minimum atomic E-state index is -0.634. The molecule has 1 aromatic heterocycles. The number of hydrogen-bond donors (Lipinski definition) is 1. The Morgan fingerprint density at radius 2 is 1.93 bits per heavy atom. The van der Waals surface area contributed by atoms with Crippen molar-refractivity contribution < 1.29 is 14.6 Å². The lowest BCUT2D eigenvalue weighted by Gasteiger charge is -2.49. The summed E-state index contributed by atoms with van der Waals surface area (Å²) in [5.74, 6) is 0.181. The second-order valence-corrected chi connectivity index (χ2v) is 9.70. The Balaban J connectivity index is 1.20. The number of carbonyl (C=O) groups is 1. The average Bonchev–Trinajstić information content (AvgIpc) is 3.34. The standard InChI is InChI=1S/C22H22Cl2N2O3/c23-17-5-16(19(24)25-9-17)10-29-18-2-1-14-7-21(8-15(14)6-18)11-26(12-21)13-22(3-4-22)20(27)28/h1-2,5-6,9H,3-4,7-8,10-13H2,(H,27,28). The van der Waals surface area contributed by atoms with Crippen LogP contribution in [0.3, 0.4) is 0 Å². The molecular formula is C22H22Cl2N2O3. The number of carboxylic acid groups (broad SMARTS) is 1. The molecule has 0 radical (unpaired) electrons. The highest BCUT2D eigenvalue weighted by atomic mass is 35.5. The molecule has 3 aliphatic rings. The average molecular weight is 433 g/mol. The van der Waals surface area contributed by atoms with Gasteiger partial charge in [-0.25, -0.2) is 4.98 Å². The van der Waals surface area contributed by atoms with Crippen LogP contribution in [0, 0.1) is 10.8 Å². The van der Waals surface area contributed by atoms with Crippen molar-refractivity contribution in [2.75, 3.05) is 19.6 Å². The van der Waals surface area contributed by atoms with Crippen molar-refractivity contribution in [1.29, 1.82) is 0 Å². The van der Waals surface area contributed by atoms with Crippen molar-refractivity contribution >= 4 is 29.2 Å². The van der Waals surface area contributed by atoms with Crippen molar-refractivity contribution in [3.8, 4) is 5.75 Å². The van der Waals surface area contributed by atoms with Gasteiger partial charge in [-0.2, -0.15) is 0 Å². The van der Waals surface area contributed by atoms with Crippen LogP contribution in [0.25, 0.3) is 0 Å². The summed E-state index contributed by atoms with van der Waals surface area (Å²) in [6.07, 6.45) is 5.24. The third-order valence-corrected chi connectivity index (χ3v) is 7.08.